The molecule has 1 fully saturated rings. The van der Waals surface area contributed by atoms with E-state index in [4.69, 9.17) is 0 Å². The van der Waals surface area contributed by atoms with Gasteiger partial charge >= 0.3 is 0 Å². The summed E-state index contributed by atoms with van der Waals surface area (Å²) in [5, 5.41) is 14.8. The molecule has 0 radical (unpaired) electrons. The maximum absolute atomic E-state index is 13.9. The predicted molar refractivity (Wildman–Crippen MR) is 132 cm³/mol. The molecule has 1 aliphatic carbocycles. The zero-order chi connectivity index (χ0) is 23.7. The van der Waals surface area contributed by atoms with E-state index in [1.54, 1.807) is 18.2 Å². The molecule has 2 aromatic carbocycles. The molecule has 3 aromatic rings. The Hall–Kier alpha value is -3.60. The number of allylic oxidation sites excluding steroid dienone is 4. The predicted octanol–water partition coefficient (Wildman–Crippen LogP) is 6.64. The van der Waals surface area contributed by atoms with Gasteiger partial charge in [-0.05, 0) is 59.7 Å². The molecule has 170 valence electrons. The average molecular weight is 445 g/mol. The number of hydrogen-bond acceptors (Lipinski definition) is 2. The fourth-order valence-corrected chi connectivity index (χ4v) is 3.91. The summed E-state index contributed by atoms with van der Waals surface area (Å²) >= 11 is 0. The highest BCUT2D eigenvalue weighted by Gasteiger charge is 2.23. The molecule has 3 N–H and O–H groups in total. The van der Waals surface area contributed by atoms with E-state index in [1.165, 1.54) is 25.0 Å². The van der Waals surface area contributed by atoms with Crippen molar-refractivity contribution in [3.8, 4) is 0 Å². The van der Waals surface area contributed by atoms with E-state index >= 15 is 0 Å². The fourth-order valence-electron chi connectivity index (χ4n) is 3.91. The quantitative estimate of drug-likeness (QED) is 0.269. The summed E-state index contributed by atoms with van der Waals surface area (Å²) in [7, 11) is 0. The Bertz CT molecular complexity index is 1280. The molecule has 4 rings (SSSR count). The van der Waals surface area contributed by atoms with Gasteiger partial charge in [0.2, 0.25) is 0 Å². The fraction of sp³-hybridized carbons (Fsp3) is 0.250. The Morgan fingerprint density at radius 3 is 2.58 bits per heavy atom. The maximum Gasteiger partial charge on any atom is 0.251 e. The second kappa shape index (κ2) is 9.10. The van der Waals surface area contributed by atoms with Crippen LogP contribution in [0.1, 0.15) is 48.2 Å². The summed E-state index contributed by atoms with van der Waals surface area (Å²) in [4.78, 5) is 15.7. The summed E-state index contributed by atoms with van der Waals surface area (Å²) in [6.07, 6.45) is 4.17. The zero-order valence-corrected chi connectivity index (χ0v) is 19.0. The molecule has 1 saturated carbocycles. The summed E-state index contributed by atoms with van der Waals surface area (Å²) in [6, 6.07) is 11.6. The first kappa shape index (κ1) is 22.6. The van der Waals surface area contributed by atoms with E-state index in [9.17, 15) is 14.3 Å². The molecule has 1 heterocycles. The summed E-state index contributed by atoms with van der Waals surface area (Å²) in [5.41, 5.74) is 4.31. The average Bonchev–Trinajstić information content (AvgIpc) is 3.53. The Labute approximate surface area is 193 Å². The third-order valence-corrected chi connectivity index (χ3v) is 6.10. The van der Waals surface area contributed by atoms with Crippen LogP contribution in [0.25, 0.3) is 22.0 Å². The number of benzene rings is 2. The molecule has 4 nitrogen and oxygen atoms in total. The number of rotatable bonds is 8. The molecular formula is C28H29FN2O2. The summed E-state index contributed by atoms with van der Waals surface area (Å²) < 4.78 is 13.9. The summed E-state index contributed by atoms with van der Waals surface area (Å²) in [5.74, 6) is 0.121. The first-order valence-corrected chi connectivity index (χ1v) is 11.2. The van der Waals surface area contributed by atoms with Gasteiger partial charge in [-0.15, -0.1) is 0 Å². The third kappa shape index (κ3) is 4.77. The lowest BCUT2D eigenvalue weighted by molar-refractivity contribution is 0.0952. The van der Waals surface area contributed by atoms with Crippen LogP contribution in [-0.4, -0.2) is 22.5 Å². The lowest BCUT2D eigenvalue weighted by Crippen LogP contribution is -2.25. The van der Waals surface area contributed by atoms with E-state index in [0.717, 1.165) is 16.5 Å². The number of aromatic nitrogens is 1. The van der Waals surface area contributed by atoms with Crippen LogP contribution >= 0.6 is 0 Å². The standard InChI is InChI=1S/C28H29FN2O2/c1-16(2)27(32)26(17(3)20-6-5-7-22(29)12-20)18(4)24-15-30-25-13-21(10-11-23(24)25)28(33)31-14-19-8-9-19/h5-7,10-13,15-16,19,30,32H,3-4,8-9,14H2,1-2H3,(H,31,33)/b27-26+. The van der Waals surface area contributed by atoms with Crippen LogP contribution in [-0.2, 0) is 0 Å². The highest BCUT2D eigenvalue weighted by molar-refractivity contribution is 6.05. The van der Waals surface area contributed by atoms with Crippen molar-refractivity contribution in [1.29, 1.82) is 0 Å². The van der Waals surface area contributed by atoms with E-state index < -0.39 is 0 Å². The van der Waals surface area contributed by atoms with Crippen LogP contribution in [0.5, 0.6) is 0 Å². The molecule has 0 atom stereocenters. The second-order valence-electron chi connectivity index (χ2n) is 9.00. The van der Waals surface area contributed by atoms with E-state index in [0.29, 0.717) is 40.3 Å². The van der Waals surface area contributed by atoms with Gasteiger partial charge in [0, 0.05) is 46.3 Å². The van der Waals surface area contributed by atoms with E-state index in [-0.39, 0.29) is 23.4 Å². The van der Waals surface area contributed by atoms with Gasteiger partial charge in [0.1, 0.15) is 11.6 Å². The number of halogens is 1. The van der Waals surface area contributed by atoms with Crippen molar-refractivity contribution in [1.82, 2.24) is 10.3 Å². The van der Waals surface area contributed by atoms with Crippen molar-refractivity contribution in [3.05, 3.63) is 95.7 Å². The number of aliphatic hydroxyl groups excluding tert-OH is 1. The number of H-pyrrole nitrogens is 1. The number of nitrogens with one attached hydrogen (secondary N) is 2. The van der Waals surface area contributed by atoms with Crippen molar-refractivity contribution in [2.75, 3.05) is 6.54 Å². The van der Waals surface area contributed by atoms with Gasteiger partial charge in [-0.3, -0.25) is 4.79 Å². The van der Waals surface area contributed by atoms with E-state index in [1.807, 2.05) is 32.2 Å². The normalized spacial score (nSPS) is 14.3. The van der Waals surface area contributed by atoms with Gasteiger partial charge in [0.15, 0.2) is 0 Å². The first-order valence-electron chi connectivity index (χ1n) is 11.2. The zero-order valence-electron chi connectivity index (χ0n) is 19.0. The van der Waals surface area contributed by atoms with Crippen LogP contribution in [0.3, 0.4) is 0 Å². The number of amides is 1. The molecule has 1 aromatic heterocycles. The lowest BCUT2D eigenvalue weighted by Gasteiger charge is -2.18. The van der Waals surface area contributed by atoms with Crippen LogP contribution < -0.4 is 5.32 Å². The Kier molecular flexibility index (Phi) is 6.23. The van der Waals surface area contributed by atoms with Crippen molar-refractivity contribution in [2.24, 2.45) is 11.8 Å². The number of carbonyl (C=O) groups excluding carboxylic acids is 1. The van der Waals surface area contributed by atoms with Crippen molar-refractivity contribution >= 4 is 28.0 Å². The second-order valence-corrected chi connectivity index (χ2v) is 9.00. The Balaban J connectivity index is 1.68. The third-order valence-electron chi connectivity index (χ3n) is 6.10. The highest BCUT2D eigenvalue weighted by Crippen LogP contribution is 2.38. The van der Waals surface area contributed by atoms with Gasteiger partial charge < -0.3 is 15.4 Å². The molecule has 0 aliphatic heterocycles. The molecule has 0 unspecified atom stereocenters. The van der Waals surface area contributed by atoms with Crippen LogP contribution in [0.2, 0.25) is 0 Å². The van der Waals surface area contributed by atoms with Crippen LogP contribution in [0.4, 0.5) is 4.39 Å². The van der Waals surface area contributed by atoms with Crippen molar-refractivity contribution in [3.63, 3.8) is 0 Å². The lowest BCUT2D eigenvalue weighted by atomic mass is 9.87. The molecule has 1 aliphatic rings. The largest absolute Gasteiger partial charge is 0.511 e. The Morgan fingerprint density at radius 1 is 1.15 bits per heavy atom. The molecule has 5 heteroatoms. The summed E-state index contributed by atoms with van der Waals surface area (Å²) in [6.45, 7) is 12.9. The molecule has 0 saturated heterocycles. The molecule has 0 bridgehead atoms. The van der Waals surface area contributed by atoms with Gasteiger partial charge in [-0.1, -0.05) is 45.2 Å². The number of fused-ring (bicyclic) bond motifs is 1. The minimum atomic E-state index is -0.373. The SMILES string of the molecule is C=C(/C(C(=C)c1c[nH]c2cc(C(=O)NCC3CC3)ccc12)=C(\O)C(C)C)c1cccc(F)c1. The van der Waals surface area contributed by atoms with Gasteiger partial charge in [0.25, 0.3) is 5.91 Å². The highest BCUT2D eigenvalue weighted by atomic mass is 19.1. The number of aromatic amines is 1. The number of aliphatic hydroxyl groups is 1. The minimum absolute atomic E-state index is 0.0868. The first-order chi connectivity index (χ1) is 15.8. The van der Waals surface area contributed by atoms with Gasteiger partial charge in [0.05, 0.1) is 0 Å². The topological polar surface area (TPSA) is 65.1 Å². The Morgan fingerprint density at radius 2 is 1.91 bits per heavy atom. The number of hydrogen-bond donors (Lipinski definition) is 3. The van der Waals surface area contributed by atoms with Crippen LogP contribution in [0.15, 0.2) is 73.2 Å². The smallest absolute Gasteiger partial charge is 0.251 e. The van der Waals surface area contributed by atoms with Gasteiger partial charge in [-0.25, -0.2) is 4.39 Å². The monoisotopic (exact) mass is 444 g/mol. The molecule has 33 heavy (non-hydrogen) atoms. The molecular weight excluding hydrogens is 415 g/mol. The van der Waals surface area contributed by atoms with Gasteiger partial charge in [-0.2, -0.15) is 0 Å². The maximum atomic E-state index is 13.9. The molecule has 0 spiro atoms. The minimum Gasteiger partial charge on any atom is -0.511 e. The van der Waals surface area contributed by atoms with E-state index in [2.05, 4.69) is 23.5 Å². The van der Waals surface area contributed by atoms with Crippen molar-refractivity contribution < 1.29 is 14.3 Å². The van der Waals surface area contributed by atoms with Crippen LogP contribution in [0, 0.1) is 17.7 Å². The molecule has 1 amide bonds. The number of carbonyl (C=O) groups is 1. The van der Waals surface area contributed by atoms with Crippen molar-refractivity contribution in [2.45, 2.75) is 26.7 Å².